The van der Waals surface area contributed by atoms with Gasteiger partial charge in [0.05, 0.1) is 18.0 Å². The van der Waals surface area contributed by atoms with Gasteiger partial charge in [-0.05, 0) is 62.5 Å². The van der Waals surface area contributed by atoms with Gasteiger partial charge in [-0.3, -0.25) is 0 Å². The number of rotatable bonds is 4. The predicted octanol–water partition coefficient (Wildman–Crippen LogP) is 5.15. The normalized spacial score (nSPS) is 14.3. The molecule has 0 atom stereocenters. The topological polar surface area (TPSA) is 44.1 Å². The van der Waals surface area contributed by atoms with E-state index in [1.807, 2.05) is 29.8 Å². The molecule has 0 N–H and O–H groups in total. The number of esters is 1. The molecule has 0 aliphatic heterocycles. The standard InChI is InChI=1S/C24H24N2O2/c1-4-28-24(27)22-20-12-11-19(15-18-8-6-5-7-9-18)23(20)26(25-22)21-13-10-16(2)14-17(21)3/h5-10,13-15H,4,11-12H2,1-3H3. The Hall–Kier alpha value is -3.14. The number of hydrogen-bond donors (Lipinski definition) is 0. The van der Waals surface area contributed by atoms with Crippen molar-refractivity contribution >= 4 is 17.6 Å². The summed E-state index contributed by atoms with van der Waals surface area (Å²) in [4.78, 5) is 12.5. The van der Waals surface area contributed by atoms with Crippen molar-refractivity contribution in [2.24, 2.45) is 0 Å². The van der Waals surface area contributed by atoms with Crippen LogP contribution in [0, 0.1) is 13.8 Å². The van der Waals surface area contributed by atoms with Crippen LogP contribution in [0.3, 0.4) is 0 Å². The maximum absolute atomic E-state index is 12.5. The number of carbonyl (C=O) groups excluding carboxylic acids is 1. The van der Waals surface area contributed by atoms with Gasteiger partial charge >= 0.3 is 5.97 Å². The number of hydrogen-bond acceptors (Lipinski definition) is 3. The lowest BCUT2D eigenvalue weighted by Gasteiger charge is -2.11. The van der Waals surface area contributed by atoms with Crippen molar-refractivity contribution in [1.29, 1.82) is 0 Å². The second kappa shape index (κ2) is 7.47. The van der Waals surface area contributed by atoms with E-state index in [0.29, 0.717) is 12.3 Å². The monoisotopic (exact) mass is 372 g/mol. The third kappa shape index (κ3) is 3.26. The van der Waals surface area contributed by atoms with Crippen molar-refractivity contribution in [3.8, 4) is 5.69 Å². The fourth-order valence-corrected chi connectivity index (χ4v) is 3.87. The highest BCUT2D eigenvalue weighted by Gasteiger charge is 2.31. The quantitative estimate of drug-likeness (QED) is 0.595. The number of carbonyl (C=O) groups is 1. The van der Waals surface area contributed by atoms with Gasteiger partial charge in [-0.1, -0.05) is 48.0 Å². The van der Waals surface area contributed by atoms with Gasteiger partial charge in [0.15, 0.2) is 5.69 Å². The molecule has 0 radical (unpaired) electrons. The van der Waals surface area contributed by atoms with E-state index in [1.165, 1.54) is 11.1 Å². The second-order valence-corrected chi connectivity index (χ2v) is 7.18. The maximum atomic E-state index is 12.5. The van der Waals surface area contributed by atoms with Crippen molar-refractivity contribution in [2.45, 2.75) is 33.6 Å². The van der Waals surface area contributed by atoms with E-state index in [9.17, 15) is 4.79 Å². The lowest BCUT2D eigenvalue weighted by atomic mass is 10.1. The summed E-state index contributed by atoms with van der Waals surface area (Å²) >= 11 is 0. The van der Waals surface area contributed by atoms with E-state index in [0.717, 1.165) is 40.9 Å². The zero-order valence-corrected chi connectivity index (χ0v) is 16.5. The Kier molecular flexibility index (Phi) is 4.86. The van der Waals surface area contributed by atoms with Gasteiger partial charge in [-0.25, -0.2) is 9.48 Å². The molecule has 4 nitrogen and oxygen atoms in total. The van der Waals surface area contributed by atoms with Crippen LogP contribution in [0.1, 0.15) is 51.8 Å². The number of ether oxygens (including phenoxy) is 1. The summed E-state index contributed by atoms with van der Waals surface area (Å²) in [5.74, 6) is -0.344. The summed E-state index contributed by atoms with van der Waals surface area (Å²) in [6.07, 6.45) is 3.88. The molecule has 0 amide bonds. The molecule has 1 aliphatic rings. The first-order valence-corrected chi connectivity index (χ1v) is 9.71. The van der Waals surface area contributed by atoms with Gasteiger partial charge in [0.2, 0.25) is 0 Å². The highest BCUT2D eigenvalue weighted by molar-refractivity contribution is 5.94. The Bertz CT molecular complexity index is 1060. The number of aryl methyl sites for hydroxylation is 2. The number of fused-ring (bicyclic) bond motifs is 1. The van der Waals surface area contributed by atoms with Gasteiger partial charge in [0.25, 0.3) is 0 Å². The van der Waals surface area contributed by atoms with Crippen molar-refractivity contribution < 1.29 is 9.53 Å². The number of nitrogens with zero attached hydrogens (tertiary/aromatic N) is 2. The molecule has 1 heterocycles. The van der Waals surface area contributed by atoms with Crippen LogP contribution in [-0.2, 0) is 11.2 Å². The van der Waals surface area contributed by atoms with E-state index in [2.05, 4.69) is 50.3 Å². The van der Waals surface area contributed by atoms with Crippen molar-refractivity contribution in [3.05, 3.63) is 82.2 Å². The zero-order valence-electron chi connectivity index (χ0n) is 16.5. The highest BCUT2D eigenvalue weighted by atomic mass is 16.5. The molecule has 28 heavy (non-hydrogen) atoms. The minimum absolute atomic E-state index is 0.344. The van der Waals surface area contributed by atoms with Crippen LogP contribution in [0.5, 0.6) is 0 Å². The summed E-state index contributed by atoms with van der Waals surface area (Å²) in [6.45, 7) is 6.32. The van der Waals surface area contributed by atoms with Crippen LogP contribution in [0.2, 0.25) is 0 Å². The molecule has 142 valence electrons. The first-order valence-electron chi connectivity index (χ1n) is 9.71. The molecule has 0 saturated carbocycles. The van der Waals surface area contributed by atoms with E-state index >= 15 is 0 Å². The Balaban J connectivity index is 1.90. The molecule has 1 aliphatic carbocycles. The lowest BCUT2D eigenvalue weighted by Crippen LogP contribution is -2.09. The predicted molar refractivity (Wildman–Crippen MR) is 112 cm³/mol. The Labute approximate surface area is 165 Å². The summed E-state index contributed by atoms with van der Waals surface area (Å²) in [6, 6.07) is 16.6. The molecule has 0 saturated heterocycles. The van der Waals surface area contributed by atoms with Gasteiger partial charge in [-0.15, -0.1) is 0 Å². The molecular weight excluding hydrogens is 348 g/mol. The summed E-state index contributed by atoms with van der Waals surface area (Å²) in [5.41, 5.74) is 8.13. The van der Waals surface area contributed by atoms with E-state index < -0.39 is 0 Å². The van der Waals surface area contributed by atoms with Gasteiger partial charge in [-0.2, -0.15) is 5.10 Å². The smallest absolute Gasteiger partial charge is 0.359 e. The third-order valence-corrected chi connectivity index (χ3v) is 5.12. The largest absolute Gasteiger partial charge is 0.461 e. The van der Waals surface area contributed by atoms with Gasteiger partial charge in [0, 0.05) is 5.56 Å². The van der Waals surface area contributed by atoms with Crippen molar-refractivity contribution in [1.82, 2.24) is 9.78 Å². The van der Waals surface area contributed by atoms with Gasteiger partial charge < -0.3 is 4.74 Å². The molecule has 0 spiro atoms. The number of allylic oxidation sites excluding steroid dienone is 1. The fraction of sp³-hybridized carbons (Fsp3) is 0.250. The molecule has 4 heteroatoms. The average Bonchev–Trinajstić information content (AvgIpc) is 3.24. The minimum atomic E-state index is -0.344. The second-order valence-electron chi connectivity index (χ2n) is 7.18. The average molecular weight is 372 g/mol. The van der Waals surface area contributed by atoms with Crippen LogP contribution < -0.4 is 0 Å². The molecular formula is C24H24N2O2. The van der Waals surface area contributed by atoms with Crippen LogP contribution in [0.15, 0.2) is 48.5 Å². The van der Waals surface area contributed by atoms with Crippen molar-refractivity contribution in [2.75, 3.05) is 6.61 Å². The summed E-state index contributed by atoms with van der Waals surface area (Å²) in [7, 11) is 0. The van der Waals surface area contributed by atoms with Crippen LogP contribution in [-0.4, -0.2) is 22.4 Å². The van der Waals surface area contributed by atoms with Gasteiger partial charge in [0.1, 0.15) is 0 Å². The minimum Gasteiger partial charge on any atom is -0.461 e. The zero-order chi connectivity index (χ0) is 19.7. The third-order valence-electron chi connectivity index (χ3n) is 5.12. The number of aromatic nitrogens is 2. The molecule has 0 unspecified atom stereocenters. The Morgan fingerprint density at radius 1 is 1.14 bits per heavy atom. The molecule has 2 aromatic carbocycles. The lowest BCUT2D eigenvalue weighted by molar-refractivity contribution is 0.0517. The highest BCUT2D eigenvalue weighted by Crippen LogP contribution is 2.38. The van der Waals surface area contributed by atoms with Crippen LogP contribution in [0.4, 0.5) is 0 Å². The number of benzene rings is 2. The summed E-state index contributed by atoms with van der Waals surface area (Å²) < 4.78 is 7.20. The van der Waals surface area contributed by atoms with E-state index in [-0.39, 0.29) is 5.97 Å². The van der Waals surface area contributed by atoms with Crippen LogP contribution >= 0.6 is 0 Å². The van der Waals surface area contributed by atoms with Crippen molar-refractivity contribution in [3.63, 3.8) is 0 Å². The fourth-order valence-electron chi connectivity index (χ4n) is 3.87. The summed E-state index contributed by atoms with van der Waals surface area (Å²) in [5, 5.41) is 4.70. The first kappa shape index (κ1) is 18.2. The van der Waals surface area contributed by atoms with E-state index in [1.54, 1.807) is 0 Å². The maximum Gasteiger partial charge on any atom is 0.359 e. The molecule has 0 fully saturated rings. The Morgan fingerprint density at radius 2 is 1.93 bits per heavy atom. The molecule has 1 aromatic heterocycles. The Morgan fingerprint density at radius 3 is 2.64 bits per heavy atom. The molecule has 4 rings (SSSR count). The SMILES string of the molecule is CCOC(=O)c1nn(-c2ccc(C)cc2C)c2c1CCC2=Cc1ccccc1. The molecule has 3 aromatic rings. The van der Waals surface area contributed by atoms with E-state index in [4.69, 9.17) is 9.84 Å². The molecule has 0 bridgehead atoms. The first-order chi connectivity index (χ1) is 13.6. The van der Waals surface area contributed by atoms with Crippen LogP contribution in [0.25, 0.3) is 17.3 Å².